The van der Waals surface area contributed by atoms with E-state index in [1.807, 2.05) is 0 Å². The molecule has 0 aromatic heterocycles. The average molecular weight is 180 g/mol. The highest BCUT2D eigenvalue weighted by atomic mass is 15.0. The third-order valence-corrected chi connectivity index (χ3v) is 3.13. The van der Waals surface area contributed by atoms with Gasteiger partial charge in [-0.3, -0.25) is 0 Å². The summed E-state index contributed by atoms with van der Waals surface area (Å²) in [6.07, 6.45) is 5.69. The van der Waals surface area contributed by atoms with Gasteiger partial charge in [0.1, 0.15) is 0 Å². The van der Waals surface area contributed by atoms with Crippen LogP contribution in [0.3, 0.4) is 0 Å². The zero-order valence-electron chi connectivity index (χ0n) is 9.42. The van der Waals surface area contributed by atoms with E-state index >= 15 is 0 Å². The van der Waals surface area contributed by atoms with Gasteiger partial charge in [0.05, 0.1) is 0 Å². The van der Waals surface area contributed by atoms with Crippen LogP contribution in [0.25, 0.3) is 0 Å². The van der Waals surface area contributed by atoms with Gasteiger partial charge in [0.25, 0.3) is 0 Å². The molecule has 0 N–H and O–H groups in total. The monoisotopic (exact) mass is 180 g/mol. The Morgan fingerprint density at radius 2 is 2.15 bits per heavy atom. The van der Waals surface area contributed by atoms with E-state index in [9.17, 15) is 0 Å². The van der Waals surface area contributed by atoms with Gasteiger partial charge in [-0.25, -0.2) is 0 Å². The quantitative estimate of drug-likeness (QED) is 0.544. The Labute approximate surface area is 84.2 Å². The summed E-state index contributed by atoms with van der Waals surface area (Å²) >= 11 is 0. The molecule has 0 amide bonds. The second-order valence-corrected chi connectivity index (χ2v) is 4.50. The molecule has 1 fully saturated rings. The number of hydrogen-bond acceptors (Lipinski definition) is 1. The molecule has 1 nitrogen and oxygen atoms in total. The van der Waals surface area contributed by atoms with Crippen LogP contribution in [0.2, 0.25) is 6.82 Å². The van der Waals surface area contributed by atoms with Crippen LogP contribution in [0.5, 0.6) is 0 Å². The molecule has 1 unspecified atom stereocenters. The highest BCUT2D eigenvalue weighted by molar-refractivity contribution is 6.29. The van der Waals surface area contributed by atoms with E-state index in [2.05, 4.69) is 32.9 Å². The van der Waals surface area contributed by atoms with E-state index in [0.717, 1.165) is 11.8 Å². The molecule has 0 spiro atoms. The van der Waals surface area contributed by atoms with Crippen LogP contribution in [0.1, 0.15) is 39.5 Å². The SMILES string of the molecule is C[B]N(CCC1CC1)CC(C)CC. The standard InChI is InChI=1S/C11H23BN/c1-4-10(2)9-13(12-3)8-7-11-5-6-11/h10-11H,4-9H2,1-3H3. The Hall–Kier alpha value is 0.0249. The van der Waals surface area contributed by atoms with E-state index < -0.39 is 0 Å². The van der Waals surface area contributed by atoms with Gasteiger partial charge in [-0.15, -0.1) is 0 Å². The first-order valence-corrected chi connectivity index (χ1v) is 5.79. The number of hydrogen-bond donors (Lipinski definition) is 0. The molecule has 2 heteroatoms. The Morgan fingerprint density at radius 1 is 1.46 bits per heavy atom. The van der Waals surface area contributed by atoms with Gasteiger partial charge in [0.2, 0.25) is 7.41 Å². The van der Waals surface area contributed by atoms with Crippen LogP contribution < -0.4 is 0 Å². The van der Waals surface area contributed by atoms with E-state index in [1.165, 1.54) is 38.8 Å². The molecule has 1 radical (unpaired) electrons. The van der Waals surface area contributed by atoms with Crippen LogP contribution in [-0.4, -0.2) is 25.3 Å². The van der Waals surface area contributed by atoms with E-state index in [4.69, 9.17) is 0 Å². The normalized spacial score (nSPS) is 19.1. The maximum Gasteiger partial charge on any atom is 0.205 e. The lowest BCUT2D eigenvalue weighted by Crippen LogP contribution is -2.31. The van der Waals surface area contributed by atoms with Crippen molar-refractivity contribution in [1.29, 1.82) is 0 Å². The van der Waals surface area contributed by atoms with Crippen LogP contribution >= 0.6 is 0 Å². The van der Waals surface area contributed by atoms with Crippen LogP contribution in [-0.2, 0) is 0 Å². The first-order chi connectivity index (χ1) is 6.26. The molecule has 1 aliphatic carbocycles. The van der Waals surface area contributed by atoms with E-state index in [0.29, 0.717) is 0 Å². The van der Waals surface area contributed by atoms with Crippen LogP contribution in [0, 0.1) is 11.8 Å². The summed E-state index contributed by atoms with van der Waals surface area (Å²) in [4.78, 5) is 2.49. The Balaban J connectivity index is 2.08. The lowest BCUT2D eigenvalue weighted by atomic mass is 9.92. The fourth-order valence-corrected chi connectivity index (χ4v) is 1.61. The molecule has 0 heterocycles. The summed E-state index contributed by atoms with van der Waals surface area (Å²) < 4.78 is 0. The summed E-state index contributed by atoms with van der Waals surface area (Å²) in [6, 6.07) is 0. The second-order valence-electron chi connectivity index (χ2n) is 4.50. The smallest absolute Gasteiger partial charge is 0.205 e. The minimum atomic E-state index is 0.843. The lowest BCUT2D eigenvalue weighted by Gasteiger charge is -2.23. The highest BCUT2D eigenvalue weighted by Gasteiger charge is 2.21. The highest BCUT2D eigenvalue weighted by Crippen LogP contribution is 2.32. The molecule has 1 saturated carbocycles. The van der Waals surface area contributed by atoms with Crippen molar-refractivity contribution in [3.63, 3.8) is 0 Å². The first kappa shape index (κ1) is 11.1. The summed E-state index contributed by atoms with van der Waals surface area (Å²) in [5, 5.41) is 0. The maximum atomic E-state index is 2.49. The van der Waals surface area contributed by atoms with Gasteiger partial charge in [-0.05, 0) is 31.3 Å². The number of nitrogens with zero attached hydrogens (tertiary/aromatic N) is 1. The minimum absolute atomic E-state index is 0.843. The van der Waals surface area contributed by atoms with Gasteiger partial charge >= 0.3 is 0 Å². The molecule has 1 rings (SSSR count). The summed E-state index contributed by atoms with van der Waals surface area (Å²) in [5.41, 5.74) is 0. The third kappa shape index (κ3) is 4.71. The molecule has 0 aromatic rings. The second kappa shape index (κ2) is 5.69. The molecule has 0 saturated heterocycles. The van der Waals surface area contributed by atoms with Crippen molar-refractivity contribution >= 4 is 7.41 Å². The Bertz CT molecular complexity index is 134. The number of rotatable bonds is 7. The van der Waals surface area contributed by atoms with Crippen LogP contribution in [0.15, 0.2) is 0 Å². The van der Waals surface area contributed by atoms with Crippen molar-refractivity contribution in [3.05, 3.63) is 0 Å². The van der Waals surface area contributed by atoms with Crippen molar-refractivity contribution < 1.29 is 0 Å². The summed E-state index contributed by atoms with van der Waals surface area (Å²) in [7, 11) is 2.26. The van der Waals surface area contributed by atoms with Crippen molar-refractivity contribution in [2.75, 3.05) is 13.1 Å². The zero-order chi connectivity index (χ0) is 9.68. The fraction of sp³-hybridized carbons (Fsp3) is 1.00. The topological polar surface area (TPSA) is 3.24 Å². The lowest BCUT2D eigenvalue weighted by molar-refractivity contribution is 0.353. The molecule has 75 valence electrons. The van der Waals surface area contributed by atoms with Crippen molar-refractivity contribution in [2.24, 2.45) is 11.8 Å². The maximum absolute atomic E-state index is 2.49. The summed E-state index contributed by atoms with van der Waals surface area (Å²) in [6.45, 7) is 9.31. The first-order valence-electron chi connectivity index (χ1n) is 5.79. The third-order valence-electron chi connectivity index (χ3n) is 3.13. The molecule has 0 aliphatic heterocycles. The van der Waals surface area contributed by atoms with E-state index in [-0.39, 0.29) is 0 Å². The van der Waals surface area contributed by atoms with Crippen molar-refractivity contribution in [3.8, 4) is 0 Å². The average Bonchev–Trinajstić information content (AvgIpc) is 2.95. The van der Waals surface area contributed by atoms with Gasteiger partial charge in [0.15, 0.2) is 0 Å². The van der Waals surface area contributed by atoms with Gasteiger partial charge < -0.3 is 4.81 Å². The fourth-order valence-electron chi connectivity index (χ4n) is 1.61. The predicted octanol–water partition coefficient (Wildman–Crippen LogP) is 2.80. The van der Waals surface area contributed by atoms with Crippen molar-refractivity contribution in [2.45, 2.75) is 46.4 Å². The molecular weight excluding hydrogens is 157 g/mol. The van der Waals surface area contributed by atoms with Gasteiger partial charge in [0, 0.05) is 0 Å². The van der Waals surface area contributed by atoms with Crippen molar-refractivity contribution in [1.82, 2.24) is 4.81 Å². The zero-order valence-corrected chi connectivity index (χ0v) is 9.42. The van der Waals surface area contributed by atoms with E-state index in [1.54, 1.807) is 0 Å². The molecular formula is C11H23BN. The van der Waals surface area contributed by atoms with Gasteiger partial charge in [-0.2, -0.15) is 0 Å². The predicted molar refractivity (Wildman–Crippen MR) is 60.0 cm³/mol. The summed E-state index contributed by atoms with van der Waals surface area (Å²) in [5.74, 6) is 1.91. The Morgan fingerprint density at radius 3 is 2.62 bits per heavy atom. The molecule has 0 bridgehead atoms. The Kier molecular flexibility index (Phi) is 4.86. The van der Waals surface area contributed by atoms with Gasteiger partial charge in [-0.1, -0.05) is 39.9 Å². The minimum Gasteiger partial charge on any atom is -0.347 e. The molecule has 0 aromatic carbocycles. The largest absolute Gasteiger partial charge is 0.347 e. The van der Waals surface area contributed by atoms with Crippen LogP contribution in [0.4, 0.5) is 0 Å². The molecule has 1 atom stereocenters. The molecule has 13 heavy (non-hydrogen) atoms. The molecule has 1 aliphatic rings.